The third kappa shape index (κ3) is 5.83. The molecule has 0 amide bonds. The van der Waals surface area contributed by atoms with Crippen molar-refractivity contribution in [2.75, 3.05) is 13.7 Å². The summed E-state index contributed by atoms with van der Waals surface area (Å²) < 4.78 is 5.91. The number of rotatable bonds is 10. The van der Waals surface area contributed by atoms with E-state index in [9.17, 15) is 0 Å². The Balaban J connectivity index is 1.62. The highest BCUT2D eigenvalue weighted by atomic mass is 16.5. The van der Waals surface area contributed by atoms with E-state index in [1.165, 1.54) is 53.5 Å². The average Bonchev–Trinajstić information content (AvgIpc) is 3.37. The van der Waals surface area contributed by atoms with Crippen molar-refractivity contribution in [1.82, 2.24) is 9.88 Å². The van der Waals surface area contributed by atoms with E-state index in [0.717, 1.165) is 49.8 Å². The Hall–Kier alpha value is -2.65. The molecule has 1 aliphatic carbocycles. The van der Waals surface area contributed by atoms with Crippen molar-refractivity contribution in [3.05, 3.63) is 83.0 Å². The Kier molecular flexibility index (Phi) is 8.17. The molecule has 0 saturated heterocycles. The van der Waals surface area contributed by atoms with Gasteiger partial charge in [0.1, 0.15) is 5.75 Å². The minimum atomic E-state index is 0.801. The fourth-order valence-electron chi connectivity index (χ4n) is 5.31. The molecule has 1 aromatic heterocycles. The summed E-state index contributed by atoms with van der Waals surface area (Å²) in [5, 5.41) is 0. The second kappa shape index (κ2) is 11.5. The van der Waals surface area contributed by atoms with Crippen LogP contribution in [0.3, 0.4) is 0 Å². The molecule has 0 N–H and O–H groups in total. The summed E-state index contributed by atoms with van der Waals surface area (Å²) in [5.74, 6) is 1.74. The van der Waals surface area contributed by atoms with Gasteiger partial charge in [-0.25, -0.2) is 0 Å². The highest BCUT2D eigenvalue weighted by molar-refractivity contribution is 5.69. The van der Waals surface area contributed by atoms with Crippen molar-refractivity contribution in [1.29, 1.82) is 0 Å². The van der Waals surface area contributed by atoms with Crippen LogP contribution < -0.4 is 4.74 Å². The molecule has 0 spiro atoms. The van der Waals surface area contributed by atoms with Crippen LogP contribution in [0.25, 0.3) is 11.3 Å². The lowest BCUT2D eigenvalue weighted by Crippen LogP contribution is -2.28. The molecule has 174 valence electrons. The highest BCUT2D eigenvalue weighted by Crippen LogP contribution is 2.32. The predicted octanol–water partition coefficient (Wildman–Crippen LogP) is 7.07. The van der Waals surface area contributed by atoms with Gasteiger partial charge in [0, 0.05) is 43.0 Å². The van der Waals surface area contributed by atoms with Crippen molar-refractivity contribution in [2.24, 2.45) is 5.92 Å². The van der Waals surface area contributed by atoms with Crippen LogP contribution in [0.5, 0.6) is 5.75 Å². The molecular weight excluding hydrogens is 404 g/mol. The van der Waals surface area contributed by atoms with Gasteiger partial charge in [-0.1, -0.05) is 75.2 Å². The van der Waals surface area contributed by atoms with Crippen LogP contribution in [-0.2, 0) is 25.9 Å². The Bertz CT molecular complexity index is 1000. The normalized spacial score (nSPS) is 14.2. The monoisotopic (exact) mass is 442 g/mol. The lowest BCUT2D eigenvalue weighted by atomic mass is 9.94. The number of hydrogen-bond acceptors (Lipinski definition) is 3. The zero-order valence-corrected chi connectivity index (χ0v) is 20.5. The first-order valence-electron chi connectivity index (χ1n) is 12.6. The largest absolute Gasteiger partial charge is 0.496 e. The summed E-state index contributed by atoms with van der Waals surface area (Å²) in [4.78, 5) is 7.55. The van der Waals surface area contributed by atoms with Gasteiger partial charge in [0.15, 0.2) is 0 Å². The number of benzene rings is 2. The van der Waals surface area contributed by atoms with E-state index >= 15 is 0 Å². The van der Waals surface area contributed by atoms with Crippen LogP contribution in [0.2, 0.25) is 0 Å². The summed E-state index contributed by atoms with van der Waals surface area (Å²) in [6.45, 7) is 7.39. The first-order valence-corrected chi connectivity index (χ1v) is 12.6. The number of nitrogens with zero attached hydrogens (tertiary/aromatic N) is 2. The van der Waals surface area contributed by atoms with Crippen molar-refractivity contribution in [2.45, 2.75) is 65.5 Å². The Morgan fingerprint density at radius 3 is 2.21 bits per heavy atom. The fraction of sp³-hybridized carbons (Fsp3) is 0.433. The lowest BCUT2D eigenvalue weighted by Gasteiger charge is -2.26. The van der Waals surface area contributed by atoms with E-state index in [0.29, 0.717) is 0 Å². The molecule has 4 rings (SSSR count). The van der Waals surface area contributed by atoms with E-state index in [1.807, 2.05) is 6.20 Å². The van der Waals surface area contributed by atoms with E-state index < -0.39 is 0 Å². The molecule has 1 aliphatic rings. The van der Waals surface area contributed by atoms with Crippen LogP contribution in [-0.4, -0.2) is 23.5 Å². The zero-order chi connectivity index (χ0) is 23.0. The first-order chi connectivity index (χ1) is 16.2. The highest BCUT2D eigenvalue weighted by Gasteiger charge is 2.21. The van der Waals surface area contributed by atoms with Crippen LogP contribution in [0.1, 0.15) is 61.8 Å². The second-order valence-electron chi connectivity index (χ2n) is 9.35. The third-order valence-corrected chi connectivity index (χ3v) is 7.05. The number of aromatic nitrogens is 1. The maximum Gasteiger partial charge on any atom is 0.127 e. The summed E-state index contributed by atoms with van der Waals surface area (Å²) in [7, 11) is 1.79. The molecule has 33 heavy (non-hydrogen) atoms. The van der Waals surface area contributed by atoms with E-state index in [1.54, 1.807) is 7.11 Å². The number of methoxy groups -OCH3 is 1. The minimum Gasteiger partial charge on any atom is -0.496 e. The Morgan fingerprint density at radius 1 is 0.879 bits per heavy atom. The molecule has 1 saturated carbocycles. The quantitative estimate of drug-likeness (QED) is 0.336. The maximum atomic E-state index is 5.91. The number of hydrogen-bond donors (Lipinski definition) is 0. The Labute approximate surface area is 199 Å². The molecule has 2 aromatic carbocycles. The Morgan fingerprint density at radius 2 is 1.58 bits per heavy atom. The summed E-state index contributed by atoms with van der Waals surface area (Å²) >= 11 is 0. The van der Waals surface area contributed by atoms with Gasteiger partial charge < -0.3 is 4.74 Å². The van der Waals surface area contributed by atoms with Crippen molar-refractivity contribution in [3.63, 3.8) is 0 Å². The van der Waals surface area contributed by atoms with Gasteiger partial charge in [-0.15, -0.1) is 0 Å². The molecule has 3 aromatic rings. The first kappa shape index (κ1) is 23.5. The van der Waals surface area contributed by atoms with Crippen molar-refractivity contribution >= 4 is 0 Å². The number of ether oxygens (including phenoxy) is 1. The third-order valence-electron chi connectivity index (χ3n) is 7.05. The topological polar surface area (TPSA) is 25.4 Å². The summed E-state index contributed by atoms with van der Waals surface area (Å²) in [6.07, 6.45) is 9.51. The summed E-state index contributed by atoms with van der Waals surface area (Å²) in [6, 6.07) is 19.6. The molecule has 0 aliphatic heterocycles. The van der Waals surface area contributed by atoms with Gasteiger partial charge in [0.05, 0.1) is 12.8 Å². The van der Waals surface area contributed by atoms with Crippen LogP contribution in [0.4, 0.5) is 0 Å². The smallest absolute Gasteiger partial charge is 0.127 e. The van der Waals surface area contributed by atoms with Crippen LogP contribution >= 0.6 is 0 Å². The number of pyridine rings is 1. The van der Waals surface area contributed by atoms with E-state index in [4.69, 9.17) is 9.72 Å². The van der Waals surface area contributed by atoms with Crippen LogP contribution in [0, 0.1) is 5.92 Å². The van der Waals surface area contributed by atoms with Gasteiger partial charge in [-0.3, -0.25) is 9.88 Å². The average molecular weight is 443 g/mol. The standard InChI is InChI=1S/C30H38N2O/c1-4-25-16-11-17-26(5-2)30(25)28-18-29(33-3)27(19-31-28)22-32(21-24-14-9-10-15-24)20-23-12-7-6-8-13-23/h6-8,11-13,16-19,24H,4-5,9-10,14-15,20-22H2,1-3H3. The van der Waals surface area contributed by atoms with Gasteiger partial charge in [-0.2, -0.15) is 0 Å². The molecular formula is C30H38N2O. The van der Waals surface area contributed by atoms with E-state index in [2.05, 4.69) is 73.3 Å². The maximum absolute atomic E-state index is 5.91. The molecule has 0 unspecified atom stereocenters. The van der Waals surface area contributed by atoms with Crippen molar-refractivity contribution < 1.29 is 4.74 Å². The molecule has 1 fully saturated rings. The molecule has 0 bridgehead atoms. The van der Waals surface area contributed by atoms with E-state index in [-0.39, 0.29) is 0 Å². The molecule has 3 heteroatoms. The van der Waals surface area contributed by atoms with Crippen molar-refractivity contribution in [3.8, 4) is 17.0 Å². The van der Waals surface area contributed by atoms with Gasteiger partial charge in [0.25, 0.3) is 0 Å². The second-order valence-corrected chi connectivity index (χ2v) is 9.35. The fourth-order valence-corrected chi connectivity index (χ4v) is 5.31. The summed E-state index contributed by atoms with van der Waals surface area (Å²) in [5.41, 5.74) is 7.53. The van der Waals surface area contributed by atoms with Gasteiger partial charge >= 0.3 is 0 Å². The van der Waals surface area contributed by atoms with Crippen LogP contribution in [0.15, 0.2) is 60.8 Å². The van der Waals surface area contributed by atoms with Gasteiger partial charge in [0.2, 0.25) is 0 Å². The SMILES string of the molecule is CCc1cccc(CC)c1-c1cc(OC)c(CN(Cc2ccccc2)CC2CCCC2)cn1. The van der Waals surface area contributed by atoms with Gasteiger partial charge in [-0.05, 0) is 48.3 Å². The minimum absolute atomic E-state index is 0.801. The zero-order valence-electron chi connectivity index (χ0n) is 20.5. The lowest BCUT2D eigenvalue weighted by molar-refractivity contribution is 0.212. The molecule has 0 radical (unpaired) electrons. The molecule has 3 nitrogen and oxygen atoms in total. The number of aryl methyl sites for hydroxylation is 2. The predicted molar refractivity (Wildman–Crippen MR) is 137 cm³/mol. The molecule has 0 atom stereocenters. The molecule has 1 heterocycles.